The summed E-state index contributed by atoms with van der Waals surface area (Å²) in [5.74, 6) is 0.706. The van der Waals surface area contributed by atoms with Crippen molar-refractivity contribution in [2.24, 2.45) is 0 Å². The molecule has 0 aromatic heterocycles. The number of rotatable bonds is 3. The van der Waals surface area contributed by atoms with Crippen LogP contribution in [0.1, 0.15) is 25.8 Å². The van der Waals surface area contributed by atoms with E-state index in [0.717, 1.165) is 0 Å². The van der Waals surface area contributed by atoms with E-state index in [1.165, 1.54) is 0 Å². The van der Waals surface area contributed by atoms with Gasteiger partial charge >= 0.3 is 0 Å². The van der Waals surface area contributed by atoms with Crippen LogP contribution in [0.15, 0.2) is 24.3 Å². The summed E-state index contributed by atoms with van der Waals surface area (Å²) in [6, 6.07) is 7.08. The van der Waals surface area contributed by atoms with Crippen LogP contribution in [-0.4, -0.2) is 68.4 Å². The average Bonchev–Trinajstić information content (AvgIpc) is 2.70. The van der Waals surface area contributed by atoms with Crippen LogP contribution in [0.25, 0.3) is 10.8 Å². The quantitative estimate of drug-likeness (QED) is 0.507. The molecule has 0 amide bonds. The van der Waals surface area contributed by atoms with Crippen molar-refractivity contribution < 1.29 is 39.7 Å². The number of hydrogen-bond acceptors (Lipinski definition) is 8. The Morgan fingerprint density at radius 1 is 1.07 bits per heavy atom. The Bertz CT molecular complexity index is 909. The molecule has 0 aliphatic carbocycles. The monoisotopic (exact) mass is 406 g/mol. The van der Waals surface area contributed by atoms with Gasteiger partial charge in [-0.05, 0) is 26.7 Å². The van der Waals surface area contributed by atoms with E-state index in [1.807, 2.05) is 13.8 Å². The molecule has 8 heteroatoms. The smallest absolute Gasteiger partial charge is 0.229 e. The van der Waals surface area contributed by atoms with E-state index in [-0.39, 0.29) is 5.75 Å². The second-order valence-corrected chi connectivity index (χ2v) is 8.21. The third-order valence-electron chi connectivity index (χ3n) is 5.63. The van der Waals surface area contributed by atoms with Crippen molar-refractivity contribution in [1.82, 2.24) is 0 Å². The minimum absolute atomic E-state index is 0.0181. The van der Waals surface area contributed by atoms with E-state index < -0.39 is 42.9 Å². The minimum Gasteiger partial charge on any atom is -0.504 e. The SMILES string of the molecule is CC1(C)CCc2c(c(O)c3ccccc3c2O[C@H]2O[C@H](CO)C(O)[C@H](O)[C@H]2O)O1. The van der Waals surface area contributed by atoms with E-state index >= 15 is 0 Å². The molecule has 2 aromatic carbocycles. The number of phenols is 1. The Balaban J connectivity index is 1.80. The lowest BCUT2D eigenvalue weighted by atomic mass is 9.91. The van der Waals surface area contributed by atoms with Crippen molar-refractivity contribution in [2.75, 3.05) is 6.61 Å². The van der Waals surface area contributed by atoms with Crippen LogP contribution >= 0.6 is 0 Å². The second-order valence-electron chi connectivity index (χ2n) is 8.21. The highest BCUT2D eigenvalue weighted by Gasteiger charge is 2.45. The first kappa shape index (κ1) is 20.2. The van der Waals surface area contributed by atoms with Crippen LogP contribution in [0.5, 0.6) is 17.2 Å². The summed E-state index contributed by atoms with van der Waals surface area (Å²) in [6.07, 6.45) is -5.69. The fourth-order valence-corrected chi connectivity index (χ4v) is 3.92. The number of aliphatic hydroxyl groups excluding tert-OH is 4. The molecule has 2 heterocycles. The number of hydrogen-bond donors (Lipinski definition) is 5. The minimum atomic E-state index is -1.54. The molecule has 4 rings (SSSR count). The standard InChI is InChI=1S/C21H26O8/c1-21(2)8-7-12-18(11-6-4-3-5-10(11)14(23)19(12)29-21)28-20-17(26)16(25)15(24)13(9-22)27-20/h3-6,13,15-17,20,22-26H,7-9H2,1-2H3/t13-,15?,16+,17-,20-/m1/s1. The molecule has 2 aliphatic rings. The third kappa shape index (κ3) is 3.41. The molecule has 0 radical (unpaired) electrons. The van der Waals surface area contributed by atoms with E-state index in [1.54, 1.807) is 24.3 Å². The van der Waals surface area contributed by atoms with Gasteiger partial charge in [0.05, 0.1) is 6.61 Å². The molecule has 0 spiro atoms. The highest BCUT2D eigenvalue weighted by molar-refractivity contribution is 5.97. The number of fused-ring (bicyclic) bond motifs is 2. The number of phenolic OH excluding ortho intramolecular Hbond substituents is 1. The molecule has 2 aromatic rings. The lowest BCUT2D eigenvalue weighted by Gasteiger charge is -2.40. The summed E-state index contributed by atoms with van der Waals surface area (Å²) >= 11 is 0. The Labute approximate surface area is 167 Å². The Hall–Kier alpha value is -2.10. The molecule has 8 nitrogen and oxygen atoms in total. The predicted octanol–water partition coefficient (Wildman–Crippen LogP) is 0.828. The summed E-state index contributed by atoms with van der Waals surface area (Å²) in [5, 5.41) is 51.8. The summed E-state index contributed by atoms with van der Waals surface area (Å²) in [7, 11) is 0. The van der Waals surface area contributed by atoms with E-state index in [2.05, 4.69) is 0 Å². The molecule has 158 valence electrons. The summed E-state index contributed by atoms with van der Waals surface area (Å²) < 4.78 is 17.6. The molecule has 0 bridgehead atoms. The first-order chi connectivity index (χ1) is 13.7. The van der Waals surface area contributed by atoms with E-state index in [4.69, 9.17) is 14.2 Å². The van der Waals surface area contributed by atoms with Crippen LogP contribution in [0.4, 0.5) is 0 Å². The van der Waals surface area contributed by atoms with Gasteiger partial charge in [-0.25, -0.2) is 0 Å². The Morgan fingerprint density at radius 2 is 1.76 bits per heavy atom. The van der Waals surface area contributed by atoms with Gasteiger partial charge in [0.2, 0.25) is 6.29 Å². The molecule has 5 atom stereocenters. The molecule has 1 saturated heterocycles. The molecule has 0 saturated carbocycles. The van der Waals surface area contributed by atoms with Crippen LogP contribution in [0.2, 0.25) is 0 Å². The maximum absolute atomic E-state index is 10.8. The van der Waals surface area contributed by atoms with Gasteiger partial charge in [-0.1, -0.05) is 24.3 Å². The van der Waals surface area contributed by atoms with Crippen molar-refractivity contribution in [3.63, 3.8) is 0 Å². The Morgan fingerprint density at radius 3 is 2.45 bits per heavy atom. The molecular formula is C21H26O8. The van der Waals surface area contributed by atoms with E-state index in [9.17, 15) is 25.5 Å². The van der Waals surface area contributed by atoms with Gasteiger partial charge in [-0.2, -0.15) is 0 Å². The number of benzene rings is 2. The van der Waals surface area contributed by atoms with Gasteiger partial charge in [0.15, 0.2) is 11.5 Å². The molecule has 1 fully saturated rings. The average molecular weight is 406 g/mol. The lowest BCUT2D eigenvalue weighted by Crippen LogP contribution is -2.60. The lowest BCUT2D eigenvalue weighted by molar-refractivity contribution is -0.277. The van der Waals surface area contributed by atoms with Gasteiger partial charge in [0.1, 0.15) is 35.8 Å². The zero-order valence-corrected chi connectivity index (χ0v) is 16.3. The molecule has 1 unspecified atom stereocenters. The summed E-state index contributed by atoms with van der Waals surface area (Å²) in [5.41, 5.74) is 0.172. The molecule has 5 N–H and O–H groups in total. The number of aliphatic hydroxyl groups is 4. The fourth-order valence-electron chi connectivity index (χ4n) is 3.92. The molecule has 29 heavy (non-hydrogen) atoms. The Kier molecular flexibility index (Phi) is 5.08. The van der Waals surface area contributed by atoms with Gasteiger partial charge in [0, 0.05) is 16.3 Å². The van der Waals surface area contributed by atoms with Crippen molar-refractivity contribution in [3.8, 4) is 17.2 Å². The largest absolute Gasteiger partial charge is 0.504 e. The maximum Gasteiger partial charge on any atom is 0.229 e. The fraction of sp³-hybridized carbons (Fsp3) is 0.524. The second kappa shape index (κ2) is 7.30. The normalized spacial score (nSPS) is 31.2. The van der Waals surface area contributed by atoms with Gasteiger partial charge in [-0.15, -0.1) is 0 Å². The summed E-state index contributed by atoms with van der Waals surface area (Å²) in [6.45, 7) is 3.32. The zero-order valence-electron chi connectivity index (χ0n) is 16.3. The number of aromatic hydroxyl groups is 1. The van der Waals surface area contributed by atoms with Gasteiger partial charge < -0.3 is 39.7 Å². The van der Waals surface area contributed by atoms with Gasteiger partial charge in [0.25, 0.3) is 0 Å². The zero-order chi connectivity index (χ0) is 20.9. The molecular weight excluding hydrogens is 380 g/mol. The van der Waals surface area contributed by atoms with E-state index in [0.29, 0.717) is 40.7 Å². The predicted molar refractivity (Wildman–Crippen MR) is 103 cm³/mol. The third-order valence-corrected chi connectivity index (χ3v) is 5.63. The molecule has 2 aliphatic heterocycles. The highest BCUT2D eigenvalue weighted by atomic mass is 16.7. The first-order valence-electron chi connectivity index (χ1n) is 9.66. The maximum atomic E-state index is 10.8. The van der Waals surface area contributed by atoms with Crippen molar-refractivity contribution >= 4 is 10.8 Å². The van der Waals surface area contributed by atoms with Crippen molar-refractivity contribution in [1.29, 1.82) is 0 Å². The van der Waals surface area contributed by atoms with Crippen LogP contribution in [0.3, 0.4) is 0 Å². The van der Waals surface area contributed by atoms with Crippen molar-refractivity contribution in [2.45, 2.75) is 63.0 Å². The first-order valence-corrected chi connectivity index (χ1v) is 9.66. The van der Waals surface area contributed by atoms with Crippen LogP contribution < -0.4 is 9.47 Å². The topological polar surface area (TPSA) is 129 Å². The van der Waals surface area contributed by atoms with Crippen molar-refractivity contribution in [3.05, 3.63) is 29.8 Å². The highest BCUT2D eigenvalue weighted by Crippen LogP contribution is 2.50. The van der Waals surface area contributed by atoms with Crippen LogP contribution in [-0.2, 0) is 11.2 Å². The summed E-state index contributed by atoms with van der Waals surface area (Å²) in [4.78, 5) is 0. The van der Waals surface area contributed by atoms with Gasteiger partial charge in [-0.3, -0.25) is 0 Å². The van der Waals surface area contributed by atoms with Crippen LogP contribution in [0, 0.1) is 0 Å². The number of ether oxygens (including phenoxy) is 3.